The van der Waals surface area contributed by atoms with Crippen molar-refractivity contribution in [3.63, 3.8) is 0 Å². The van der Waals surface area contributed by atoms with Crippen LogP contribution in [-0.4, -0.2) is 11.8 Å². The molecule has 2 aromatic carbocycles. The number of hydrogen-bond donors (Lipinski definition) is 2. The van der Waals surface area contributed by atoms with Gasteiger partial charge in [-0.05, 0) is 55.3 Å². The molecule has 1 aliphatic carbocycles. The number of benzene rings is 2. The smallest absolute Gasteiger partial charge is 0.240 e. The summed E-state index contributed by atoms with van der Waals surface area (Å²) in [6, 6.07) is 13.9. The average molecular weight is 323 g/mol. The maximum Gasteiger partial charge on any atom is 0.240 e. The van der Waals surface area contributed by atoms with E-state index in [4.69, 9.17) is 5.26 Å². The molecule has 0 unspecified atom stereocenters. The second-order valence-corrected chi connectivity index (χ2v) is 5.69. The van der Waals surface area contributed by atoms with E-state index in [1.54, 1.807) is 24.3 Å². The third kappa shape index (κ3) is 3.10. The number of nitrogens with one attached hydrogen (secondary N) is 2. The number of nitrogens with zero attached hydrogens (tertiary/aromatic N) is 1. The van der Waals surface area contributed by atoms with Gasteiger partial charge >= 0.3 is 0 Å². The molecule has 3 rings (SSSR count). The zero-order valence-corrected chi connectivity index (χ0v) is 12.7. The molecule has 0 radical (unpaired) electrons. The van der Waals surface area contributed by atoms with Crippen molar-refractivity contribution in [3.8, 4) is 6.07 Å². The summed E-state index contributed by atoms with van der Waals surface area (Å²) in [5.74, 6) is -1.22. The van der Waals surface area contributed by atoms with Crippen LogP contribution >= 0.6 is 0 Å². The first-order valence-electron chi connectivity index (χ1n) is 7.42. The first-order valence-corrected chi connectivity index (χ1v) is 7.42. The number of rotatable bonds is 4. The normalized spacial score (nSPS) is 14.3. The summed E-state index contributed by atoms with van der Waals surface area (Å²) in [5, 5.41) is 14.2. The maximum absolute atomic E-state index is 12.9. The van der Waals surface area contributed by atoms with Gasteiger partial charge in [-0.25, -0.2) is 4.39 Å². The zero-order chi connectivity index (χ0) is 17.2. The van der Waals surface area contributed by atoms with E-state index in [2.05, 4.69) is 10.6 Å². The van der Waals surface area contributed by atoms with Crippen LogP contribution in [0.5, 0.6) is 0 Å². The van der Waals surface area contributed by atoms with Crippen molar-refractivity contribution in [2.75, 3.05) is 10.6 Å². The Hall–Kier alpha value is -3.20. The van der Waals surface area contributed by atoms with Crippen LogP contribution in [0.4, 0.5) is 15.8 Å². The van der Waals surface area contributed by atoms with Gasteiger partial charge in [-0.2, -0.15) is 5.26 Å². The molecule has 1 saturated carbocycles. The molecule has 2 amide bonds. The second-order valence-electron chi connectivity index (χ2n) is 5.69. The first kappa shape index (κ1) is 15.7. The van der Waals surface area contributed by atoms with Crippen molar-refractivity contribution in [1.82, 2.24) is 0 Å². The molecular formula is C18H14FN3O2. The molecule has 1 fully saturated rings. The summed E-state index contributed by atoms with van der Waals surface area (Å²) >= 11 is 0. The van der Waals surface area contributed by atoms with Crippen LogP contribution in [0.2, 0.25) is 0 Å². The van der Waals surface area contributed by atoms with Gasteiger partial charge in [0.15, 0.2) is 0 Å². The number of carbonyl (C=O) groups is 2. The van der Waals surface area contributed by atoms with Gasteiger partial charge in [0.1, 0.15) is 11.2 Å². The lowest BCUT2D eigenvalue weighted by molar-refractivity contribution is -0.131. The third-order valence-corrected chi connectivity index (χ3v) is 3.97. The molecule has 2 aromatic rings. The summed E-state index contributed by atoms with van der Waals surface area (Å²) in [6.07, 6.45) is 0.896. The fraction of sp³-hybridized carbons (Fsp3) is 0.167. The highest BCUT2D eigenvalue weighted by molar-refractivity contribution is 6.16. The summed E-state index contributed by atoms with van der Waals surface area (Å²) in [4.78, 5) is 24.9. The third-order valence-electron chi connectivity index (χ3n) is 3.97. The standard InChI is InChI=1S/C18H14FN3O2/c19-13-4-6-14(7-5-13)21-16(23)18(8-9-18)17(24)22-15-3-1-2-12(10-15)11-20/h1-7,10H,8-9H2,(H,21,23)(H,22,24). The van der Waals surface area contributed by atoms with Gasteiger partial charge in [-0.3, -0.25) is 9.59 Å². The highest BCUT2D eigenvalue weighted by Crippen LogP contribution is 2.47. The van der Waals surface area contributed by atoms with Crippen molar-refractivity contribution in [1.29, 1.82) is 5.26 Å². The molecule has 6 heteroatoms. The summed E-state index contributed by atoms with van der Waals surface area (Å²) in [6.45, 7) is 0. The lowest BCUT2D eigenvalue weighted by Gasteiger charge is -2.15. The Kier molecular flexibility index (Phi) is 4.00. The van der Waals surface area contributed by atoms with E-state index in [-0.39, 0.29) is 0 Å². The van der Waals surface area contributed by atoms with Crippen LogP contribution in [-0.2, 0) is 9.59 Å². The van der Waals surface area contributed by atoms with E-state index in [0.717, 1.165) is 0 Å². The molecule has 0 aromatic heterocycles. The van der Waals surface area contributed by atoms with Crippen LogP contribution in [0, 0.1) is 22.6 Å². The predicted molar refractivity (Wildman–Crippen MR) is 86.5 cm³/mol. The Morgan fingerprint density at radius 1 is 1.00 bits per heavy atom. The number of anilines is 2. The van der Waals surface area contributed by atoms with Crippen LogP contribution in [0.15, 0.2) is 48.5 Å². The van der Waals surface area contributed by atoms with Gasteiger partial charge < -0.3 is 10.6 Å². The Morgan fingerprint density at radius 2 is 1.62 bits per heavy atom. The van der Waals surface area contributed by atoms with Gasteiger partial charge in [0.2, 0.25) is 11.8 Å². The number of hydrogen-bond acceptors (Lipinski definition) is 3. The summed E-state index contributed by atoms with van der Waals surface area (Å²) in [7, 11) is 0. The highest BCUT2D eigenvalue weighted by Gasteiger charge is 2.56. The van der Waals surface area contributed by atoms with Crippen molar-refractivity contribution < 1.29 is 14.0 Å². The molecule has 0 spiro atoms. The Morgan fingerprint density at radius 3 is 2.21 bits per heavy atom. The number of carbonyl (C=O) groups excluding carboxylic acids is 2. The number of halogens is 1. The number of nitriles is 1. The van der Waals surface area contributed by atoms with Crippen LogP contribution in [0.25, 0.3) is 0 Å². The largest absolute Gasteiger partial charge is 0.325 e. The Labute approximate surface area is 138 Å². The van der Waals surface area contributed by atoms with Gasteiger partial charge in [-0.15, -0.1) is 0 Å². The van der Waals surface area contributed by atoms with Gasteiger partial charge in [0.25, 0.3) is 0 Å². The van der Waals surface area contributed by atoms with Gasteiger partial charge in [0, 0.05) is 11.4 Å². The van der Waals surface area contributed by atoms with E-state index in [0.29, 0.717) is 29.8 Å². The van der Waals surface area contributed by atoms with Crippen molar-refractivity contribution in [3.05, 3.63) is 59.9 Å². The van der Waals surface area contributed by atoms with E-state index in [9.17, 15) is 14.0 Å². The number of amides is 2. The Balaban J connectivity index is 1.70. The topological polar surface area (TPSA) is 82.0 Å². The lowest BCUT2D eigenvalue weighted by Crippen LogP contribution is -2.35. The molecule has 2 N–H and O–H groups in total. The second kappa shape index (κ2) is 6.13. The minimum Gasteiger partial charge on any atom is -0.325 e. The predicted octanol–water partition coefficient (Wildman–Crippen LogP) is 3.05. The van der Waals surface area contributed by atoms with E-state index in [1.165, 1.54) is 24.3 Å². The molecule has 0 bridgehead atoms. The van der Waals surface area contributed by atoms with Crippen molar-refractivity contribution in [2.45, 2.75) is 12.8 Å². The van der Waals surface area contributed by atoms with E-state index < -0.39 is 23.0 Å². The van der Waals surface area contributed by atoms with Crippen molar-refractivity contribution in [2.24, 2.45) is 5.41 Å². The highest BCUT2D eigenvalue weighted by atomic mass is 19.1. The fourth-order valence-corrected chi connectivity index (χ4v) is 2.38. The molecule has 1 aliphatic rings. The molecule has 24 heavy (non-hydrogen) atoms. The first-order chi connectivity index (χ1) is 11.5. The van der Waals surface area contributed by atoms with Crippen LogP contribution < -0.4 is 10.6 Å². The molecule has 0 saturated heterocycles. The monoisotopic (exact) mass is 323 g/mol. The van der Waals surface area contributed by atoms with Crippen molar-refractivity contribution >= 4 is 23.2 Å². The van der Waals surface area contributed by atoms with Crippen LogP contribution in [0.1, 0.15) is 18.4 Å². The maximum atomic E-state index is 12.9. The fourth-order valence-electron chi connectivity index (χ4n) is 2.38. The molecule has 5 nitrogen and oxygen atoms in total. The van der Waals surface area contributed by atoms with Crippen LogP contribution in [0.3, 0.4) is 0 Å². The SMILES string of the molecule is N#Cc1cccc(NC(=O)C2(C(=O)Nc3ccc(F)cc3)CC2)c1. The Bertz CT molecular complexity index is 836. The molecule has 0 atom stereocenters. The molecule has 0 heterocycles. The van der Waals surface area contributed by atoms with E-state index in [1.807, 2.05) is 6.07 Å². The van der Waals surface area contributed by atoms with Gasteiger partial charge in [-0.1, -0.05) is 6.07 Å². The summed E-state index contributed by atoms with van der Waals surface area (Å²) in [5.41, 5.74) is 0.220. The average Bonchev–Trinajstić information content (AvgIpc) is 3.39. The van der Waals surface area contributed by atoms with Gasteiger partial charge in [0.05, 0.1) is 11.6 Å². The molecule has 0 aliphatic heterocycles. The van der Waals surface area contributed by atoms with E-state index >= 15 is 0 Å². The minimum atomic E-state index is -1.11. The quantitative estimate of drug-likeness (QED) is 0.848. The summed E-state index contributed by atoms with van der Waals surface area (Å²) < 4.78 is 12.9. The molecular weight excluding hydrogens is 309 g/mol. The minimum absolute atomic E-state index is 0.399. The lowest BCUT2D eigenvalue weighted by atomic mass is 10.0. The zero-order valence-electron chi connectivity index (χ0n) is 12.7. The molecule has 120 valence electrons.